The van der Waals surface area contributed by atoms with Gasteiger partial charge in [0.25, 0.3) is 0 Å². The van der Waals surface area contributed by atoms with Gasteiger partial charge >= 0.3 is 5.97 Å². The highest BCUT2D eigenvalue weighted by atomic mass is 16.5. The van der Waals surface area contributed by atoms with E-state index in [1.807, 2.05) is 0 Å². The summed E-state index contributed by atoms with van der Waals surface area (Å²) in [5.74, 6) is -0.322. The molecule has 0 aromatic carbocycles. The summed E-state index contributed by atoms with van der Waals surface area (Å²) in [6.07, 6.45) is 15.6. The quantitative estimate of drug-likeness (QED) is 0.303. The van der Waals surface area contributed by atoms with E-state index in [0.29, 0.717) is 12.3 Å². The van der Waals surface area contributed by atoms with Gasteiger partial charge in [-0.3, -0.25) is 0 Å². The Bertz CT molecular complexity index is 258. The lowest BCUT2D eigenvalue weighted by molar-refractivity contribution is -0.137. The van der Waals surface area contributed by atoms with E-state index in [9.17, 15) is 4.79 Å². The van der Waals surface area contributed by atoms with Crippen LogP contribution in [0.15, 0.2) is 11.8 Å². The Morgan fingerprint density at radius 1 is 0.900 bits per heavy atom. The highest BCUT2D eigenvalue weighted by Gasteiger charge is 1.98. The fourth-order valence-corrected chi connectivity index (χ4v) is 2.17. The Balaban J connectivity index is 3.13. The van der Waals surface area contributed by atoms with E-state index in [-0.39, 0.29) is 5.97 Å². The molecule has 0 bridgehead atoms. The van der Waals surface area contributed by atoms with E-state index in [1.165, 1.54) is 63.9 Å². The Hall–Kier alpha value is -0.990. The van der Waals surface area contributed by atoms with Crippen LogP contribution in [0.25, 0.3) is 0 Å². The number of unbranched alkanes of at least 4 members (excludes halogenated alkanes) is 10. The van der Waals surface area contributed by atoms with Gasteiger partial charge in [-0.25, -0.2) is 4.79 Å². The van der Waals surface area contributed by atoms with Gasteiger partial charge in [0.15, 0.2) is 0 Å². The third kappa shape index (κ3) is 15.1. The van der Waals surface area contributed by atoms with Crippen LogP contribution in [0, 0.1) is 0 Å². The van der Waals surface area contributed by atoms with E-state index in [1.54, 1.807) is 6.92 Å². The van der Waals surface area contributed by atoms with Crippen LogP contribution in [0.3, 0.4) is 0 Å². The highest BCUT2D eigenvalue weighted by molar-refractivity contribution is 5.82. The molecule has 0 saturated heterocycles. The van der Waals surface area contributed by atoms with Gasteiger partial charge in [-0.15, -0.1) is 0 Å². The monoisotopic (exact) mass is 283 g/mol. The number of ether oxygens (including phenoxy) is 1. The number of carbonyl (C=O) groups is 1. The molecule has 0 heterocycles. The molecule has 0 fully saturated rings. The van der Waals surface area contributed by atoms with Crippen molar-refractivity contribution >= 4 is 5.97 Å². The molecular formula is C17H33NO2. The van der Waals surface area contributed by atoms with E-state index < -0.39 is 0 Å². The Morgan fingerprint density at radius 3 is 1.80 bits per heavy atom. The topological polar surface area (TPSA) is 52.3 Å². The molecule has 0 rings (SSSR count). The molecule has 0 atom stereocenters. The van der Waals surface area contributed by atoms with Crippen molar-refractivity contribution in [3.05, 3.63) is 11.8 Å². The molecule has 0 aliphatic heterocycles. The fourth-order valence-electron chi connectivity index (χ4n) is 2.17. The maximum absolute atomic E-state index is 11.2. The predicted octanol–water partition coefficient (Wildman–Crippen LogP) is 4.70. The smallest absolute Gasteiger partial charge is 0.332 e. The maximum Gasteiger partial charge on any atom is 0.332 e. The zero-order chi connectivity index (χ0) is 15.1. The maximum atomic E-state index is 11.2. The third-order valence-electron chi connectivity index (χ3n) is 3.34. The molecule has 0 aliphatic carbocycles. The number of hydrogen-bond donors (Lipinski definition) is 1. The van der Waals surface area contributed by atoms with E-state index in [2.05, 4.69) is 6.92 Å². The molecule has 0 amide bonds. The zero-order valence-corrected chi connectivity index (χ0v) is 13.5. The van der Waals surface area contributed by atoms with Gasteiger partial charge in [0.2, 0.25) is 0 Å². The molecule has 0 saturated carbocycles. The van der Waals surface area contributed by atoms with E-state index in [0.717, 1.165) is 12.8 Å². The average Bonchev–Trinajstić information content (AvgIpc) is 2.39. The van der Waals surface area contributed by atoms with Crippen molar-refractivity contribution in [2.75, 3.05) is 6.61 Å². The number of carbonyl (C=O) groups excluding carboxylic acids is 1. The minimum absolute atomic E-state index is 0.322. The van der Waals surface area contributed by atoms with Crippen LogP contribution in [-0.4, -0.2) is 12.6 Å². The summed E-state index contributed by atoms with van der Waals surface area (Å²) in [6, 6.07) is 0. The molecule has 3 heteroatoms. The second-order valence-corrected chi connectivity index (χ2v) is 5.59. The molecule has 2 N–H and O–H groups in total. The summed E-state index contributed by atoms with van der Waals surface area (Å²) in [7, 11) is 0. The van der Waals surface area contributed by atoms with Gasteiger partial charge in [0, 0.05) is 11.8 Å². The first kappa shape index (κ1) is 19.0. The van der Waals surface area contributed by atoms with Gasteiger partial charge in [-0.05, 0) is 13.3 Å². The highest BCUT2D eigenvalue weighted by Crippen LogP contribution is 2.11. The first-order valence-electron chi connectivity index (χ1n) is 8.27. The van der Waals surface area contributed by atoms with E-state index in [4.69, 9.17) is 10.5 Å². The van der Waals surface area contributed by atoms with Crippen LogP contribution in [0.1, 0.15) is 84.5 Å². The second-order valence-electron chi connectivity index (χ2n) is 5.59. The summed E-state index contributed by atoms with van der Waals surface area (Å²) in [6.45, 7) is 4.45. The third-order valence-corrected chi connectivity index (χ3v) is 3.34. The molecule has 0 radical (unpaired) electrons. The molecule has 3 nitrogen and oxygen atoms in total. The SMILES string of the molecule is CCCCCCCCCCCCCOC(=O)/C=C(/C)N. The van der Waals surface area contributed by atoms with Crippen LogP contribution >= 0.6 is 0 Å². The van der Waals surface area contributed by atoms with Crippen LogP contribution < -0.4 is 5.73 Å². The summed E-state index contributed by atoms with van der Waals surface area (Å²) in [4.78, 5) is 11.2. The lowest BCUT2D eigenvalue weighted by Crippen LogP contribution is -2.05. The Labute approximate surface area is 125 Å². The lowest BCUT2D eigenvalue weighted by Gasteiger charge is -2.03. The molecule has 0 aliphatic rings. The zero-order valence-electron chi connectivity index (χ0n) is 13.5. The van der Waals surface area contributed by atoms with Crippen LogP contribution in [0.4, 0.5) is 0 Å². The normalized spacial score (nSPS) is 11.6. The number of rotatable bonds is 13. The van der Waals surface area contributed by atoms with Crippen LogP contribution in [0.2, 0.25) is 0 Å². The first-order chi connectivity index (χ1) is 9.66. The molecule has 20 heavy (non-hydrogen) atoms. The van der Waals surface area contributed by atoms with Gasteiger partial charge in [-0.2, -0.15) is 0 Å². The number of allylic oxidation sites excluding steroid dienone is 1. The van der Waals surface area contributed by atoms with Gasteiger partial charge < -0.3 is 10.5 Å². The van der Waals surface area contributed by atoms with Crippen LogP contribution in [-0.2, 0) is 9.53 Å². The number of hydrogen-bond acceptors (Lipinski definition) is 3. The number of esters is 1. The van der Waals surface area contributed by atoms with Crippen molar-refractivity contribution in [3.63, 3.8) is 0 Å². The van der Waals surface area contributed by atoms with E-state index >= 15 is 0 Å². The molecule has 0 spiro atoms. The molecule has 118 valence electrons. The first-order valence-corrected chi connectivity index (χ1v) is 8.27. The minimum atomic E-state index is -0.322. The molecular weight excluding hydrogens is 250 g/mol. The summed E-state index contributed by atoms with van der Waals surface area (Å²) in [5.41, 5.74) is 5.88. The largest absolute Gasteiger partial charge is 0.462 e. The Morgan fingerprint density at radius 2 is 1.35 bits per heavy atom. The number of nitrogens with two attached hydrogens (primary N) is 1. The van der Waals surface area contributed by atoms with Crippen molar-refractivity contribution in [2.45, 2.75) is 84.5 Å². The minimum Gasteiger partial charge on any atom is -0.462 e. The lowest BCUT2D eigenvalue weighted by atomic mass is 10.1. The van der Waals surface area contributed by atoms with Gasteiger partial charge in [0.1, 0.15) is 0 Å². The molecule has 0 unspecified atom stereocenters. The summed E-state index contributed by atoms with van der Waals surface area (Å²) in [5, 5.41) is 0. The van der Waals surface area contributed by atoms with Crippen molar-refractivity contribution < 1.29 is 9.53 Å². The Kier molecular flexibility index (Phi) is 13.7. The van der Waals surface area contributed by atoms with Crippen molar-refractivity contribution in [1.29, 1.82) is 0 Å². The fraction of sp³-hybridized carbons (Fsp3) is 0.824. The summed E-state index contributed by atoms with van der Waals surface area (Å²) < 4.78 is 5.04. The van der Waals surface area contributed by atoms with Crippen LogP contribution in [0.5, 0.6) is 0 Å². The van der Waals surface area contributed by atoms with Crippen molar-refractivity contribution in [3.8, 4) is 0 Å². The van der Waals surface area contributed by atoms with Crippen molar-refractivity contribution in [2.24, 2.45) is 5.73 Å². The van der Waals surface area contributed by atoms with Gasteiger partial charge in [0.05, 0.1) is 6.61 Å². The molecule has 0 aromatic rings. The predicted molar refractivity (Wildman–Crippen MR) is 85.4 cm³/mol. The standard InChI is InChI=1S/C17H33NO2/c1-3-4-5-6-7-8-9-10-11-12-13-14-20-17(19)15-16(2)18/h15H,3-14,18H2,1-2H3/b16-15-. The molecule has 0 aromatic heterocycles. The second kappa shape index (κ2) is 14.4. The van der Waals surface area contributed by atoms with Gasteiger partial charge in [-0.1, -0.05) is 71.1 Å². The average molecular weight is 283 g/mol. The summed E-state index contributed by atoms with van der Waals surface area (Å²) >= 11 is 0. The van der Waals surface area contributed by atoms with Crippen molar-refractivity contribution in [1.82, 2.24) is 0 Å².